The topological polar surface area (TPSA) is 86.1 Å². The first-order valence-corrected chi connectivity index (χ1v) is 10.8. The summed E-state index contributed by atoms with van der Waals surface area (Å²) in [4.78, 5) is 34.3. The lowest BCUT2D eigenvalue weighted by Crippen LogP contribution is -2.32. The van der Waals surface area contributed by atoms with Crippen molar-refractivity contribution in [1.82, 2.24) is 19.9 Å². The zero-order valence-electron chi connectivity index (χ0n) is 17.9. The van der Waals surface area contributed by atoms with Crippen LogP contribution in [0.5, 0.6) is 0 Å². The number of hydrogen-bond acceptors (Lipinski definition) is 6. The Kier molecular flexibility index (Phi) is 7.97. The fourth-order valence-corrected chi connectivity index (χ4v) is 3.97. The van der Waals surface area contributed by atoms with Gasteiger partial charge >= 0.3 is 0 Å². The molecule has 8 heteroatoms. The molecule has 1 N–H and O–H groups in total. The molecular weight excluding hydrogens is 412 g/mol. The molecule has 0 bridgehead atoms. The number of amides is 1. The molecule has 7 nitrogen and oxygen atoms in total. The predicted octanol–water partition coefficient (Wildman–Crippen LogP) is 2.71. The third-order valence-electron chi connectivity index (χ3n) is 4.80. The summed E-state index contributed by atoms with van der Waals surface area (Å²) in [5.41, 5.74) is 3.08. The van der Waals surface area contributed by atoms with Crippen LogP contribution in [-0.4, -0.2) is 32.8 Å². The van der Waals surface area contributed by atoms with Crippen molar-refractivity contribution in [2.24, 2.45) is 7.05 Å². The van der Waals surface area contributed by atoms with Gasteiger partial charge in [0, 0.05) is 45.1 Å². The first-order chi connectivity index (χ1) is 15.0. The number of carbonyl (C=O) groups is 1. The van der Waals surface area contributed by atoms with E-state index in [0.717, 1.165) is 11.1 Å². The Bertz CT molecular complexity index is 1070. The van der Waals surface area contributed by atoms with E-state index in [1.54, 1.807) is 33.5 Å². The number of nitrogens with zero attached hydrogens (tertiary/aromatic N) is 3. The molecular formula is C23H26N4O3S. The maximum atomic E-state index is 13.1. The second-order valence-electron chi connectivity index (χ2n) is 7.11. The minimum atomic E-state index is -0.421. The Morgan fingerprint density at radius 1 is 1.16 bits per heavy atom. The summed E-state index contributed by atoms with van der Waals surface area (Å²) in [6.07, 6.45) is 3.85. The van der Waals surface area contributed by atoms with Crippen LogP contribution in [0.15, 0.2) is 64.8 Å². The summed E-state index contributed by atoms with van der Waals surface area (Å²) in [7, 11) is 3.26. The van der Waals surface area contributed by atoms with E-state index < -0.39 is 5.25 Å². The Morgan fingerprint density at radius 2 is 1.87 bits per heavy atom. The van der Waals surface area contributed by atoms with Crippen molar-refractivity contribution in [1.29, 1.82) is 0 Å². The van der Waals surface area contributed by atoms with Gasteiger partial charge in [-0.2, -0.15) is 0 Å². The Hall–Kier alpha value is -2.97. The highest BCUT2D eigenvalue weighted by Gasteiger charge is 2.20. The molecule has 1 unspecified atom stereocenters. The molecule has 0 saturated heterocycles. The maximum absolute atomic E-state index is 13.1. The number of benzene rings is 1. The zero-order chi connectivity index (χ0) is 22.2. The number of hydrogen-bond donors (Lipinski definition) is 1. The molecule has 0 spiro atoms. The molecule has 1 atom stereocenters. The average Bonchev–Trinajstić information content (AvgIpc) is 2.79. The van der Waals surface area contributed by atoms with Gasteiger partial charge in [-0.1, -0.05) is 42.1 Å². The van der Waals surface area contributed by atoms with Crippen LogP contribution in [0, 0.1) is 0 Å². The number of methoxy groups -OCH3 is 1. The highest BCUT2D eigenvalue weighted by molar-refractivity contribution is 8.00. The fraction of sp³-hybridized carbons (Fsp3) is 0.304. The van der Waals surface area contributed by atoms with Crippen molar-refractivity contribution in [2.45, 2.75) is 36.9 Å². The summed E-state index contributed by atoms with van der Waals surface area (Å²) < 4.78 is 6.80. The van der Waals surface area contributed by atoms with E-state index in [2.05, 4.69) is 15.3 Å². The summed E-state index contributed by atoms with van der Waals surface area (Å²) in [6.45, 7) is 2.45. The average molecular weight is 439 g/mol. The lowest BCUT2D eigenvalue weighted by molar-refractivity contribution is -0.120. The number of aromatic nitrogens is 3. The minimum absolute atomic E-state index is 0.127. The number of pyridine rings is 1. The molecule has 0 aliphatic rings. The van der Waals surface area contributed by atoms with Gasteiger partial charge in [-0.25, -0.2) is 4.98 Å². The number of thioether (sulfide) groups is 1. The minimum Gasteiger partial charge on any atom is -0.378 e. The molecule has 0 aliphatic carbocycles. The van der Waals surface area contributed by atoms with Crippen molar-refractivity contribution < 1.29 is 9.53 Å². The zero-order valence-corrected chi connectivity index (χ0v) is 18.7. The largest absolute Gasteiger partial charge is 0.378 e. The van der Waals surface area contributed by atoms with Crippen molar-refractivity contribution in [3.8, 4) is 0 Å². The summed E-state index contributed by atoms with van der Waals surface area (Å²) in [6, 6.07) is 13.5. The summed E-state index contributed by atoms with van der Waals surface area (Å²) in [5, 5.41) is 2.97. The van der Waals surface area contributed by atoms with Gasteiger partial charge in [0.25, 0.3) is 5.56 Å². The van der Waals surface area contributed by atoms with Gasteiger partial charge in [-0.3, -0.25) is 19.1 Å². The third kappa shape index (κ3) is 6.02. The van der Waals surface area contributed by atoms with Gasteiger partial charge in [-0.05, 0) is 30.2 Å². The quantitative estimate of drug-likeness (QED) is 0.408. The number of nitrogens with one attached hydrogen (secondary N) is 1. The van der Waals surface area contributed by atoms with Crippen LogP contribution in [0.3, 0.4) is 0 Å². The summed E-state index contributed by atoms with van der Waals surface area (Å²) in [5.74, 6) is -0.127. The van der Waals surface area contributed by atoms with Gasteiger partial charge in [0.1, 0.15) is 0 Å². The third-order valence-corrected chi connectivity index (χ3v) is 5.94. The Morgan fingerprint density at radius 3 is 2.55 bits per heavy atom. The van der Waals surface area contributed by atoms with Crippen LogP contribution < -0.4 is 10.9 Å². The predicted molar refractivity (Wildman–Crippen MR) is 121 cm³/mol. The fourth-order valence-electron chi connectivity index (χ4n) is 3.05. The molecule has 0 saturated carbocycles. The van der Waals surface area contributed by atoms with Gasteiger partial charge in [-0.15, -0.1) is 0 Å². The monoisotopic (exact) mass is 438 g/mol. The van der Waals surface area contributed by atoms with Crippen molar-refractivity contribution >= 4 is 17.7 Å². The van der Waals surface area contributed by atoms with Crippen LogP contribution in [0.4, 0.5) is 0 Å². The van der Waals surface area contributed by atoms with E-state index in [4.69, 9.17) is 4.74 Å². The maximum Gasteiger partial charge on any atom is 0.257 e. The van der Waals surface area contributed by atoms with E-state index in [0.29, 0.717) is 29.4 Å². The van der Waals surface area contributed by atoms with E-state index >= 15 is 0 Å². The Labute approximate surface area is 185 Å². The van der Waals surface area contributed by atoms with E-state index in [1.807, 2.05) is 42.5 Å². The van der Waals surface area contributed by atoms with Gasteiger partial charge in [0.2, 0.25) is 5.91 Å². The first kappa shape index (κ1) is 22.7. The van der Waals surface area contributed by atoms with Crippen LogP contribution in [-0.2, 0) is 36.2 Å². The molecule has 0 aliphatic heterocycles. The standard InChI is InChI=1S/C23H26N4O3S/c1-16(21(28)25-14-18-9-11-24-12-10-18)31-23-26-20(15-30-3)19(22(29)27(23)2)13-17-7-5-4-6-8-17/h4-12,16H,13-15H2,1-3H3,(H,25,28). The molecule has 2 aromatic heterocycles. The molecule has 1 aromatic carbocycles. The number of ether oxygens (including phenoxy) is 1. The highest BCUT2D eigenvalue weighted by atomic mass is 32.2. The number of carbonyl (C=O) groups excluding carboxylic acids is 1. The highest BCUT2D eigenvalue weighted by Crippen LogP contribution is 2.22. The molecule has 2 heterocycles. The molecule has 3 rings (SSSR count). The lowest BCUT2D eigenvalue weighted by atomic mass is 10.0. The second kappa shape index (κ2) is 10.9. The molecule has 31 heavy (non-hydrogen) atoms. The number of rotatable bonds is 9. The first-order valence-electron chi connectivity index (χ1n) is 9.94. The van der Waals surface area contributed by atoms with Crippen molar-refractivity contribution in [2.75, 3.05) is 7.11 Å². The van der Waals surface area contributed by atoms with Crippen LogP contribution >= 0.6 is 11.8 Å². The molecule has 0 radical (unpaired) electrons. The Balaban J connectivity index is 1.77. The molecule has 3 aromatic rings. The van der Waals surface area contributed by atoms with Crippen molar-refractivity contribution in [3.05, 3.63) is 87.6 Å². The lowest BCUT2D eigenvalue weighted by Gasteiger charge is -2.16. The van der Waals surface area contributed by atoms with E-state index in [1.165, 1.54) is 16.3 Å². The molecule has 162 valence electrons. The summed E-state index contributed by atoms with van der Waals surface area (Å²) >= 11 is 1.25. The van der Waals surface area contributed by atoms with Crippen molar-refractivity contribution in [3.63, 3.8) is 0 Å². The van der Waals surface area contributed by atoms with Gasteiger partial charge < -0.3 is 10.1 Å². The van der Waals surface area contributed by atoms with Crippen LogP contribution in [0.2, 0.25) is 0 Å². The van der Waals surface area contributed by atoms with Crippen LogP contribution in [0.1, 0.15) is 29.3 Å². The van der Waals surface area contributed by atoms with Gasteiger partial charge in [0.05, 0.1) is 17.6 Å². The molecule has 1 amide bonds. The second-order valence-corrected chi connectivity index (χ2v) is 8.42. The molecule has 0 fully saturated rings. The normalized spacial score (nSPS) is 11.8. The smallest absolute Gasteiger partial charge is 0.257 e. The SMILES string of the molecule is COCc1nc(SC(C)C(=O)NCc2ccncc2)n(C)c(=O)c1Cc1ccccc1. The van der Waals surface area contributed by atoms with E-state index in [9.17, 15) is 9.59 Å². The van der Waals surface area contributed by atoms with E-state index in [-0.39, 0.29) is 18.1 Å². The van der Waals surface area contributed by atoms with Crippen LogP contribution in [0.25, 0.3) is 0 Å². The van der Waals surface area contributed by atoms with Gasteiger partial charge in [0.15, 0.2) is 5.16 Å².